The van der Waals surface area contributed by atoms with E-state index in [1.165, 1.54) is 32.1 Å². The smallest absolute Gasteiger partial charge is 0.0994 e. The number of aliphatic hydroxyl groups excluding tert-OH is 1. The average Bonchev–Trinajstić information content (AvgIpc) is 2.81. The Labute approximate surface area is 199 Å². The van der Waals surface area contributed by atoms with Crippen molar-refractivity contribution in [2.24, 2.45) is 5.92 Å². The Hall–Kier alpha value is -2.35. The number of nitrogens with zero attached hydrogens (tertiary/aromatic N) is 2. The van der Waals surface area contributed by atoms with Crippen molar-refractivity contribution in [3.8, 4) is 6.07 Å². The van der Waals surface area contributed by atoms with Gasteiger partial charge in [0.05, 0.1) is 28.5 Å². The molecular weight excluding hydrogens is 418 g/mol. The fourth-order valence-corrected chi connectivity index (χ4v) is 4.24. The molecule has 3 rings (SSSR count). The second-order valence-corrected chi connectivity index (χ2v) is 8.54. The molecule has 1 fully saturated rings. The SMILES string of the molecule is CC/C=C(\c1cc(C#N)c(C)cc1C)c1cncc(NC)c1Cl.CC1CCCCC1.CO. The van der Waals surface area contributed by atoms with Crippen LogP contribution in [0.1, 0.15) is 80.2 Å². The molecule has 0 atom stereocenters. The van der Waals surface area contributed by atoms with Crippen LogP contribution in [0.3, 0.4) is 0 Å². The summed E-state index contributed by atoms with van der Waals surface area (Å²) in [6.07, 6.45) is 13.9. The molecule has 5 heteroatoms. The predicted molar refractivity (Wildman–Crippen MR) is 137 cm³/mol. The van der Waals surface area contributed by atoms with Gasteiger partial charge >= 0.3 is 0 Å². The normalized spacial score (nSPS) is 13.8. The van der Waals surface area contributed by atoms with E-state index < -0.39 is 0 Å². The average molecular weight is 456 g/mol. The molecule has 2 aromatic rings. The molecule has 0 bridgehead atoms. The first kappa shape index (κ1) is 27.7. The Balaban J connectivity index is 0.000000477. The fourth-order valence-electron chi connectivity index (χ4n) is 3.95. The van der Waals surface area contributed by atoms with Crippen molar-refractivity contribution < 1.29 is 5.11 Å². The number of hydrogen-bond acceptors (Lipinski definition) is 4. The summed E-state index contributed by atoms with van der Waals surface area (Å²) in [5, 5.41) is 20.0. The first-order valence-electron chi connectivity index (χ1n) is 11.4. The monoisotopic (exact) mass is 455 g/mol. The molecule has 0 unspecified atom stereocenters. The fraction of sp³-hybridized carbons (Fsp3) is 0.481. The quantitative estimate of drug-likeness (QED) is 0.507. The Kier molecular flexibility index (Phi) is 12.7. The van der Waals surface area contributed by atoms with Gasteiger partial charge in [0.25, 0.3) is 0 Å². The Morgan fingerprint density at radius 3 is 2.31 bits per heavy atom. The van der Waals surface area contributed by atoms with Gasteiger partial charge in [0.15, 0.2) is 0 Å². The van der Waals surface area contributed by atoms with Crippen LogP contribution in [-0.4, -0.2) is 24.2 Å². The van der Waals surface area contributed by atoms with E-state index in [2.05, 4.69) is 43.2 Å². The van der Waals surface area contributed by atoms with Crippen LogP contribution in [0, 0.1) is 31.1 Å². The number of benzene rings is 1. The highest BCUT2D eigenvalue weighted by molar-refractivity contribution is 6.35. The summed E-state index contributed by atoms with van der Waals surface area (Å²) in [5.41, 5.74) is 6.47. The molecule has 1 heterocycles. The third-order valence-electron chi connectivity index (χ3n) is 5.72. The third-order valence-corrected chi connectivity index (χ3v) is 6.13. The van der Waals surface area contributed by atoms with E-state index in [0.717, 1.165) is 53.0 Å². The van der Waals surface area contributed by atoms with E-state index in [1.54, 1.807) is 12.4 Å². The highest BCUT2D eigenvalue weighted by atomic mass is 35.5. The van der Waals surface area contributed by atoms with Crippen LogP contribution in [0.5, 0.6) is 0 Å². The minimum atomic E-state index is 0.640. The Bertz CT molecular complexity index is 925. The second kappa shape index (κ2) is 14.7. The van der Waals surface area contributed by atoms with Crippen LogP contribution in [-0.2, 0) is 0 Å². The van der Waals surface area contributed by atoms with Crippen LogP contribution in [0.2, 0.25) is 5.02 Å². The molecule has 0 amide bonds. The van der Waals surface area contributed by atoms with Crippen LogP contribution < -0.4 is 5.32 Å². The summed E-state index contributed by atoms with van der Waals surface area (Å²) < 4.78 is 0. The van der Waals surface area contributed by atoms with Gasteiger partial charge in [0, 0.05) is 25.9 Å². The van der Waals surface area contributed by atoms with Gasteiger partial charge in [-0.1, -0.05) is 69.7 Å². The zero-order chi connectivity index (χ0) is 24.1. The summed E-state index contributed by atoms with van der Waals surface area (Å²) in [5.74, 6) is 1.04. The van der Waals surface area contributed by atoms with E-state index in [0.29, 0.717) is 10.6 Å². The van der Waals surface area contributed by atoms with Crippen molar-refractivity contribution in [1.29, 1.82) is 5.26 Å². The Morgan fingerprint density at radius 2 is 1.81 bits per heavy atom. The van der Waals surface area contributed by atoms with Gasteiger partial charge in [-0.2, -0.15) is 5.26 Å². The molecule has 4 nitrogen and oxygen atoms in total. The van der Waals surface area contributed by atoms with Gasteiger partial charge in [-0.05, 0) is 54.5 Å². The number of nitriles is 1. The first-order valence-corrected chi connectivity index (χ1v) is 11.8. The van der Waals surface area contributed by atoms with Crippen molar-refractivity contribution in [1.82, 2.24) is 4.98 Å². The van der Waals surface area contributed by atoms with E-state index >= 15 is 0 Å². The van der Waals surface area contributed by atoms with Gasteiger partial charge in [0.2, 0.25) is 0 Å². The lowest BCUT2D eigenvalue weighted by atomic mass is 9.91. The van der Waals surface area contributed by atoms with Crippen molar-refractivity contribution in [3.63, 3.8) is 0 Å². The van der Waals surface area contributed by atoms with E-state index in [-0.39, 0.29) is 0 Å². The molecule has 2 N–H and O–H groups in total. The van der Waals surface area contributed by atoms with Crippen LogP contribution >= 0.6 is 11.6 Å². The van der Waals surface area contributed by atoms with Gasteiger partial charge in [-0.15, -0.1) is 0 Å². The van der Waals surface area contributed by atoms with Crippen molar-refractivity contribution in [2.45, 2.75) is 66.2 Å². The summed E-state index contributed by atoms with van der Waals surface area (Å²) in [6, 6.07) is 6.24. The zero-order valence-electron chi connectivity index (χ0n) is 20.4. The van der Waals surface area contributed by atoms with Gasteiger partial charge in [0.1, 0.15) is 0 Å². The number of hydrogen-bond donors (Lipinski definition) is 2. The maximum absolute atomic E-state index is 9.33. The number of halogens is 1. The maximum atomic E-state index is 9.33. The van der Waals surface area contributed by atoms with Crippen LogP contribution in [0.15, 0.2) is 30.6 Å². The molecule has 1 aliphatic carbocycles. The number of allylic oxidation sites excluding steroid dienone is 1. The molecule has 174 valence electrons. The topological polar surface area (TPSA) is 68.9 Å². The van der Waals surface area contributed by atoms with Crippen molar-refractivity contribution in [3.05, 3.63) is 63.4 Å². The van der Waals surface area contributed by atoms with E-state index in [9.17, 15) is 5.26 Å². The molecular formula is C27H38ClN3O. The molecule has 0 saturated heterocycles. The molecule has 0 aliphatic heterocycles. The number of rotatable bonds is 4. The molecule has 1 saturated carbocycles. The lowest BCUT2D eigenvalue weighted by molar-refractivity contribution is 0.385. The Morgan fingerprint density at radius 1 is 1.16 bits per heavy atom. The molecule has 1 aromatic heterocycles. The van der Waals surface area contributed by atoms with Crippen LogP contribution in [0.25, 0.3) is 5.57 Å². The lowest BCUT2D eigenvalue weighted by Gasteiger charge is -2.16. The highest BCUT2D eigenvalue weighted by Gasteiger charge is 2.15. The minimum absolute atomic E-state index is 0.640. The summed E-state index contributed by atoms with van der Waals surface area (Å²) in [7, 11) is 2.82. The van der Waals surface area contributed by atoms with Gasteiger partial charge in [-0.3, -0.25) is 4.98 Å². The van der Waals surface area contributed by atoms with Gasteiger partial charge in [-0.25, -0.2) is 0 Å². The lowest BCUT2D eigenvalue weighted by Crippen LogP contribution is -1.99. The third kappa shape index (κ3) is 7.65. The van der Waals surface area contributed by atoms with Gasteiger partial charge < -0.3 is 10.4 Å². The number of nitrogens with one attached hydrogen (secondary N) is 1. The first-order chi connectivity index (χ1) is 15.4. The number of aliphatic hydroxyl groups is 1. The van der Waals surface area contributed by atoms with Crippen LogP contribution in [0.4, 0.5) is 5.69 Å². The minimum Gasteiger partial charge on any atom is -0.400 e. The number of anilines is 1. The molecule has 1 aliphatic rings. The maximum Gasteiger partial charge on any atom is 0.0994 e. The summed E-state index contributed by atoms with van der Waals surface area (Å²) >= 11 is 6.54. The van der Waals surface area contributed by atoms with Crippen molar-refractivity contribution in [2.75, 3.05) is 19.5 Å². The molecule has 0 radical (unpaired) electrons. The summed E-state index contributed by atoms with van der Waals surface area (Å²) in [4.78, 5) is 4.28. The number of pyridine rings is 1. The van der Waals surface area contributed by atoms with Crippen molar-refractivity contribution >= 4 is 22.9 Å². The zero-order valence-corrected chi connectivity index (χ0v) is 21.2. The molecule has 0 spiro atoms. The summed E-state index contributed by atoms with van der Waals surface area (Å²) in [6.45, 7) is 8.45. The molecule has 32 heavy (non-hydrogen) atoms. The van der Waals surface area contributed by atoms with E-state index in [4.69, 9.17) is 16.7 Å². The standard InChI is InChI=1S/C19H20ClN3.C7H14.CH4O/c1-5-6-15(17-10-23-11-18(22-4)19(17)20)16-8-14(9-21)12(2)7-13(16)3;1-7-5-3-2-4-6-7;1-2/h6-8,10-11,22H,5H2,1-4H3;7H,2-6H2,1H3;2H,1H3/b15-6+;;. The highest BCUT2D eigenvalue weighted by Crippen LogP contribution is 2.35. The number of aryl methyl sites for hydroxylation is 2. The second-order valence-electron chi connectivity index (χ2n) is 8.16. The number of aromatic nitrogens is 1. The predicted octanol–water partition coefficient (Wildman–Crippen LogP) is 7.30. The largest absolute Gasteiger partial charge is 0.400 e. The van der Waals surface area contributed by atoms with E-state index in [1.807, 2.05) is 26.1 Å². The molecule has 1 aromatic carbocycles.